The van der Waals surface area contributed by atoms with E-state index in [4.69, 9.17) is 14.6 Å². The Hall–Kier alpha value is -1.97. The number of hydrogen-bond donors (Lipinski definition) is 1. The van der Waals surface area contributed by atoms with E-state index < -0.39 is 5.97 Å². The molecule has 4 heteroatoms. The van der Waals surface area contributed by atoms with E-state index in [0.717, 1.165) is 12.0 Å². The molecule has 4 nitrogen and oxygen atoms in total. The lowest BCUT2D eigenvalue weighted by molar-refractivity contribution is -0.142. The monoisotopic (exact) mass is 236 g/mol. The predicted molar refractivity (Wildman–Crippen MR) is 64.3 cm³/mol. The Balaban J connectivity index is 2.78. The number of carbonyl (C=O) groups is 1. The number of phenols is 1. The molecule has 1 N–H and O–H groups in total. The number of hydrogen-bond acceptors (Lipinski definition) is 4. The van der Waals surface area contributed by atoms with Crippen molar-refractivity contribution >= 4 is 12.0 Å². The van der Waals surface area contributed by atoms with Crippen molar-refractivity contribution in [3.8, 4) is 5.75 Å². The van der Waals surface area contributed by atoms with Gasteiger partial charge in [0.1, 0.15) is 5.75 Å². The molecule has 0 heterocycles. The summed E-state index contributed by atoms with van der Waals surface area (Å²) < 4.78 is 9.93. The minimum Gasteiger partial charge on any atom is -0.508 e. The van der Waals surface area contributed by atoms with Gasteiger partial charge in [-0.25, -0.2) is 4.79 Å². The maximum atomic E-state index is 11.5. The van der Waals surface area contributed by atoms with E-state index in [2.05, 4.69) is 0 Å². The van der Waals surface area contributed by atoms with Crippen molar-refractivity contribution in [2.75, 3.05) is 13.7 Å². The Morgan fingerprint density at radius 1 is 1.35 bits per heavy atom. The Kier molecular flexibility index (Phi) is 5.07. The first-order valence-corrected chi connectivity index (χ1v) is 5.39. The summed E-state index contributed by atoms with van der Waals surface area (Å²) in [4.78, 5) is 11.5. The van der Waals surface area contributed by atoms with Crippen LogP contribution in [-0.4, -0.2) is 24.8 Å². The van der Waals surface area contributed by atoms with E-state index in [9.17, 15) is 4.79 Å². The Bertz CT molecular complexity index is 392. The van der Waals surface area contributed by atoms with Crippen LogP contribution < -0.4 is 0 Å². The number of phenolic OH excluding ortho intramolecular Hbond substituents is 1. The fourth-order valence-corrected chi connectivity index (χ4v) is 1.19. The van der Waals surface area contributed by atoms with Gasteiger partial charge < -0.3 is 14.6 Å². The zero-order valence-corrected chi connectivity index (χ0v) is 9.97. The van der Waals surface area contributed by atoms with Gasteiger partial charge in [0.2, 0.25) is 5.76 Å². The second-order valence-corrected chi connectivity index (χ2v) is 3.44. The zero-order valence-electron chi connectivity index (χ0n) is 9.97. The molecule has 1 aromatic rings. The third kappa shape index (κ3) is 4.18. The van der Waals surface area contributed by atoms with Crippen LogP contribution in [0.1, 0.15) is 18.9 Å². The van der Waals surface area contributed by atoms with Crippen LogP contribution in [0.4, 0.5) is 0 Å². The quantitative estimate of drug-likeness (QED) is 0.484. The van der Waals surface area contributed by atoms with Crippen molar-refractivity contribution in [1.82, 2.24) is 0 Å². The van der Waals surface area contributed by atoms with Gasteiger partial charge in [0.25, 0.3) is 0 Å². The molecule has 1 aromatic carbocycles. The molecule has 92 valence electrons. The maximum absolute atomic E-state index is 11.5. The average Bonchev–Trinajstić information content (AvgIpc) is 2.35. The topological polar surface area (TPSA) is 55.8 Å². The number of esters is 1. The highest BCUT2D eigenvalue weighted by Gasteiger charge is 2.10. The van der Waals surface area contributed by atoms with Crippen molar-refractivity contribution in [2.24, 2.45) is 0 Å². The van der Waals surface area contributed by atoms with Crippen molar-refractivity contribution < 1.29 is 19.4 Å². The molecule has 0 amide bonds. The van der Waals surface area contributed by atoms with Crippen LogP contribution in [0.2, 0.25) is 0 Å². The first-order valence-electron chi connectivity index (χ1n) is 5.39. The minimum atomic E-state index is -0.484. The molecule has 0 saturated heterocycles. The van der Waals surface area contributed by atoms with Gasteiger partial charge in [0.15, 0.2) is 0 Å². The molecule has 0 aromatic heterocycles. The SMILES string of the molecule is CCCOC(=O)/C(=C/c1ccc(O)cc1)OC. The second kappa shape index (κ2) is 6.58. The Labute approximate surface area is 100 Å². The van der Waals surface area contributed by atoms with Crippen molar-refractivity contribution in [2.45, 2.75) is 13.3 Å². The van der Waals surface area contributed by atoms with Gasteiger partial charge in [0.05, 0.1) is 13.7 Å². The number of ether oxygens (including phenoxy) is 2. The van der Waals surface area contributed by atoms with Gasteiger partial charge in [-0.3, -0.25) is 0 Å². The summed E-state index contributed by atoms with van der Waals surface area (Å²) in [6.07, 6.45) is 2.33. The number of methoxy groups -OCH3 is 1. The lowest BCUT2D eigenvalue weighted by Gasteiger charge is -2.06. The first kappa shape index (κ1) is 13.1. The van der Waals surface area contributed by atoms with E-state index in [-0.39, 0.29) is 11.5 Å². The molecule has 0 radical (unpaired) electrons. The second-order valence-electron chi connectivity index (χ2n) is 3.44. The molecule has 0 bridgehead atoms. The summed E-state index contributed by atoms with van der Waals surface area (Å²) in [5.74, 6) is -0.166. The Morgan fingerprint density at radius 3 is 2.53 bits per heavy atom. The predicted octanol–water partition coefficient (Wildman–Crippen LogP) is 2.33. The van der Waals surface area contributed by atoms with Gasteiger partial charge in [-0.2, -0.15) is 0 Å². The van der Waals surface area contributed by atoms with Crippen molar-refractivity contribution in [3.63, 3.8) is 0 Å². The van der Waals surface area contributed by atoms with E-state index in [1.165, 1.54) is 19.2 Å². The molecule has 0 aliphatic carbocycles. The van der Waals surface area contributed by atoms with E-state index in [1.54, 1.807) is 18.2 Å². The highest BCUT2D eigenvalue weighted by molar-refractivity contribution is 5.91. The van der Waals surface area contributed by atoms with Crippen LogP contribution in [0, 0.1) is 0 Å². The number of rotatable bonds is 5. The lowest BCUT2D eigenvalue weighted by atomic mass is 10.2. The molecule has 17 heavy (non-hydrogen) atoms. The summed E-state index contributed by atoms with van der Waals surface area (Å²) in [7, 11) is 1.42. The zero-order chi connectivity index (χ0) is 12.7. The van der Waals surface area contributed by atoms with E-state index in [0.29, 0.717) is 6.61 Å². The van der Waals surface area contributed by atoms with Gasteiger partial charge in [-0.15, -0.1) is 0 Å². The highest BCUT2D eigenvalue weighted by Crippen LogP contribution is 2.13. The van der Waals surface area contributed by atoms with Crippen molar-refractivity contribution in [3.05, 3.63) is 35.6 Å². The van der Waals surface area contributed by atoms with Crippen molar-refractivity contribution in [1.29, 1.82) is 0 Å². The summed E-state index contributed by atoms with van der Waals surface area (Å²) in [5, 5.41) is 9.13. The largest absolute Gasteiger partial charge is 0.508 e. The molecule has 1 rings (SSSR count). The van der Waals surface area contributed by atoms with E-state index >= 15 is 0 Å². The van der Waals surface area contributed by atoms with Gasteiger partial charge in [0, 0.05) is 0 Å². The maximum Gasteiger partial charge on any atom is 0.373 e. The Morgan fingerprint density at radius 2 is 2.00 bits per heavy atom. The molecular weight excluding hydrogens is 220 g/mol. The van der Waals surface area contributed by atoms with Gasteiger partial charge in [-0.05, 0) is 30.2 Å². The first-order chi connectivity index (χ1) is 8.17. The molecule has 0 fully saturated rings. The third-order valence-corrected chi connectivity index (χ3v) is 2.05. The fraction of sp³-hybridized carbons (Fsp3) is 0.308. The number of aromatic hydroxyl groups is 1. The highest BCUT2D eigenvalue weighted by atomic mass is 16.6. The van der Waals surface area contributed by atoms with Crippen LogP contribution in [-0.2, 0) is 14.3 Å². The van der Waals surface area contributed by atoms with E-state index in [1.807, 2.05) is 6.92 Å². The average molecular weight is 236 g/mol. The minimum absolute atomic E-state index is 0.143. The lowest BCUT2D eigenvalue weighted by Crippen LogP contribution is -2.09. The fourth-order valence-electron chi connectivity index (χ4n) is 1.19. The smallest absolute Gasteiger partial charge is 0.373 e. The van der Waals surface area contributed by atoms with Crippen LogP contribution in [0.3, 0.4) is 0 Å². The van der Waals surface area contributed by atoms with Gasteiger partial charge >= 0.3 is 5.97 Å². The standard InChI is InChI=1S/C13H16O4/c1-3-8-17-13(15)12(16-2)9-10-4-6-11(14)7-5-10/h4-7,9,14H,3,8H2,1-2H3/b12-9-. The molecule has 0 aliphatic heterocycles. The summed E-state index contributed by atoms with van der Waals surface area (Å²) in [6, 6.07) is 6.44. The molecule has 0 atom stereocenters. The molecular formula is C13H16O4. The molecule has 0 saturated carbocycles. The summed E-state index contributed by atoms with van der Waals surface area (Å²) >= 11 is 0. The van der Waals surface area contributed by atoms with Crippen LogP contribution in [0.25, 0.3) is 6.08 Å². The van der Waals surface area contributed by atoms with Crippen LogP contribution in [0.15, 0.2) is 30.0 Å². The summed E-state index contributed by atoms with van der Waals surface area (Å²) in [6.45, 7) is 2.29. The van der Waals surface area contributed by atoms with Crippen LogP contribution >= 0.6 is 0 Å². The number of benzene rings is 1. The van der Waals surface area contributed by atoms with Crippen LogP contribution in [0.5, 0.6) is 5.75 Å². The normalized spacial score (nSPS) is 11.1. The molecule has 0 spiro atoms. The third-order valence-electron chi connectivity index (χ3n) is 2.05. The van der Waals surface area contributed by atoms with Gasteiger partial charge in [-0.1, -0.05) is 19.1 Å². The molecule has 0 aliphatic rings. The molecule has 0 unspecified atom stereocenters. The summed E-state index contributed by atoms with van der Waals surface area (Å²) in [5.41, 5.74) is 0.757. The number of carbonyl (C=O) groups excluding carboxylic acids is 1.